The zero-order chi connectivity index (χ0) is 15.5. The first-order chi connectivity index (χ1) is 11.4. The molecule has 0 saturated carbocycles. The van der Waals surface area contributed by atoms with Gasteiger partial charge in [0.2, 0.25) is 0 Å². The molecule has 2 heteroatoms. The van der Waals surface area contributed by atoms with E-state index in [0.29, 0.717) is 0 Å². The number of hydrogen-bond donors (Lipinski definition) is 0. The topological polar surface area (TPSA) is 26.0 Å². The van der Waals surface area contributed by atoms with Crippen LogP contribution in [0.3, 0.4) is 0 Å². The maximum absolute atomic E-state index is 5.50. The van der Waals surface area contributed by atoms with Gasteiger partial charge >= 0.3 is 0 Å². The van der Waals surface area contributed by atoms with Gasteiger partial charge in [0.05, 0.1) is 0 Å². The van der Waals surface area contributed by atoms with Crippen LogP contribution >= 0.6 is 0 Å². The summed E-state index contributed by atoms with van der Waals surface area (Å²) < 4.78 is 5.50. The second-order valence-corrected chi connectivity index (χ2v) is 5.39. The SMILES string of the molecule is c1ccc(-c2cccc(-c3cc(-c4ccccc4)on3)c2)cc1. The molecule has 0 amide bonds. The zero-order valence-electron chi connectivity index (χ0n) is 12.5. The van der Waals surface area contributed by atoms with Crippen molar-refractivity contribution in [2.75, 3.05) is 0 Å². The fourth-order valence-corrected chi connectivity index (χ4v) is 2.64. The Morgan fingerprint density at radius 1 is 0.522 bits per heavy atom. The van der Waals surface area contributed by atoms with Crippen molar-refractivity contribution < 1.29 is 4.52 Å². The summed E-state index contributed by atoms with van der Waals surface area (Å²) in [6.45, 7) is 0. The van der Waals surface area contributed by atoms with Crippen LogP contribution in [0.5, 0.6) is 0 Å². The minimum absolute atomic E-state index is 0.783. The molecular weight excluding hydrogens is 282 g/mol. The molecule has 0 aliphatic rings. The molecule has 23 heavy (non-hydrogen) atoms. The molecule has 1 aromatic heterocycles. The van der Waals surface area contributed by atoms with Crippen LogP contribution in [0.4, 0.5) is 0 Å². The molecule has 4 aromatic rings. The summed E-state index contributed by atoms with van der Waals surface area (Å²) in [6.07, 6.45) is 0. The summed E-state index contributed by atoms with van der Waals surface area (Å²) in [7, 11) is 0. The predicted octanol–water partition coefficient (Wildman–Crippen LogP) is 5.68. The van der Waals surface area contributed by atoms with E-state index >= 15 is 0 Å². The van der Waals surface area contributed by atoms with Gasteiger partial charge in [-0.25, -0.2) is 0 Å². The lowest BCUT2D eigenvalue weighted by molar-refractivity contribution is 0.435. The molecule has 4 rings (SSSR count). The van der Waals surface area contributed by atoms with E-state index in [1.165, 1.54) is 11.1 Å². The van der Waals surface area contributed by atoms with Gasteiger partial charge in [-0.1, -0.05) is 84.0 Å². The minimum Gasteiger partial charge on any atom is -0.356 e. The van der Waals surface area contributed by atoms with Gasteiger partial charge in [-0.05, 0) is 17.2 Å². The molecule has 2 nitrogen and oxygen atoms in total. The van der Waals surface area contributed by atoms with Gasteiger partial charge in [-0.3, -0.25) is 0 Å². The van der Waals surface area contributed by atoms with Gasteiger partial charge < -0.3 is 4.52 Å². The lowest BCUT2D eigenvalue weighted by atomic mass is 10.0. The number of aromatic nitrogens is 1. The smallest absolute Gasteiger partial charge is 0.167 e. The molecule has 0 atom stereocenters. The number of benzene rings is 3. The summed E-state index contributed by atoms with van der Waals surface area (Å²) in [6, 6.07) is 30.7. The average Bonchev–Trinajstić information content (AvgIpc) is 3.14. The van der Waals surface area contributed by atoms with E-state index < -0.39 is 0 Å². The standard InChI is InChI=1S/C21H15NO/c1-3-8-16(9-4-1)18-12-7-13-19(14-18)20-15-21(23-22-20)17-10-5-2-6-11-17/h1-15H. The highest BCUT2D eigenvalue weighted by molar-refractivity contribution is 5.73. The van der Waals surface area contributed by atoms with Crippen molar-refractivity contribution in [3.05, 3.63) is 91.0 Å². The fraction of sp³-hybridized carbons (Fsp3) is 0. The van der Waals surface area contributed by atoms with Crippen LogP contribution in [0.1, 0.15) is 0 Å². The van der Waals surface area contributed by atoms with Crippen molar-refractivity contribution in [2.45, 2.75) is 0 Å². The van der Waals surface area contributed by atoms with E-state index in [9.17, 15) is 0 Å². The van der Waals surface area contributed by atoms with Crippen molar-refractivity contribution in [1.29, 1.82) is 0 Å². The maximum Gasteiger partial charge on any atom is 0.167 e. The van der Waals surface area contributed by atoms with Gasteiger partial charge in [0.25, 0.3) is 0 Å². The molecule has 0 bridgehead atoms. The first-order valence-corrected chi connectivity index (χ1v) is 7.58. The van der Waals surface area contributed by atoms with Gasteiger partial charge in [-0.15, -0.1) is 0 Å². The van der Waals surface area contributed by atoms with Crippen LogP contribution in [-0.4, -0.2) is 5.16 Å². The Kier molecular flexibility index (Phi) is 3.49. The third-order valence-electron chi connectivity index (χ3n) is 3.83. The number of nitrogens with zero attached hydrogens (tertiary/aromatic N) is 1. The van der Waals surface area contributed by atoms with E-state index in [4.69, 9.17) is 4.52 Å². The van der Waals surface area contributed by atoms with Gasteiger partial charge in [-0.2, -0.15) is 0 Å². The van der Waals surface area contributed by atoms with Crippen LogP contribution in [0.2, 0.25) is 0 Å². The van der Waals surface area contributed by atoms with Crippen LogP contribution in [0.15, 0.2) is 95.5 Å². The molecule has 0 spiro atoms. The first kappa shape index (κ1) is 13.5. The van der Waals surface area contributed by atoms with Crippen molar-refractivity contribution in [3.8, 4) is 33.7 Å². The Hall–Kier alpha value is -3.13. The molecule has 1 heterocycles. The molecule has 0 unspecified atom stereocenters. The average molecular weight is 297 g/mol. The normalized spacial score (nSPS) is 10.6. The van der Waals surface area contributed by atoms with Gasteiger partial charge in [0, 0.05) is 17.2 Å². The van der Waals surface area contributed by atoms with E-state index in [-0.39, 0.29) is 0 Å². The van der Waals surface area contributed by atoms with Crippen LogP contribution in [0.25, 0.3) is 33.7 Å². The third-order valence-corrected chi connectivity index (χ3v) is 3.83. The molecule has 0 aliphatic heterocycles. The predicted molar refractivity (Wildman–Crippen MR) is 92.8 cm³/mol. The number of hydrogen-bond acceptors (Lipinski definition) is 2. The highest BCUT2D eigenvalue weighted by Gasteiger charge is 2.09. The lowest BCUT2D eigenvalue weighted by Gasteiger charge is -2.03. The van der Waals surface area contributed by atoms with Crippen LogP contribution in [0, 0.1) is 0 Å². The molecule has 3 aromatic carbocycles. The second kappa shape index (κ2) is 5.93. The van der Waals surface area contributed by atoms with Crippen molar-refractivity contribution >= 4 is 0 Å². The maximum atomic E-state index is 5.50. The number of rotatable bonds is 3. The molecule has 0 aliphatic carbocycles. The fourth-order valence-electron chi connectivity index (χ4n) is 2.64. The van der Waals surface area contributed by atoms with Gasteiger partial charge in [0.1, 0.15) is 5.69 Å². The summed E-state index contributed by atoms with van der Waals surface area (Å²) in [5.41, 5.74) is 5.30. The Labute approximate surface area is 135 Å². The highest BCUT2D eigenvalue weighted by atomic mass is 16.5. The quantitative estimate of drug-likeness (QED) is 0.486. The van der Waals surface area contributed by atoms with E-state index in [0.717, 1.165) is 22.6 Å². The van der Waals surface area contributed by atoms with E-state index in [1.54, 1.807) is 0 Å². The van der Waals surface area contributed by atoms with Crippen LogP contribution in [-0.2, 0) is 0 Å². The van der Waals surface area contributed by atoms with Crippen molar-refractivity contribution in [3.63, 3.8) is 0 Å². The second-order valence-electron chi connectivity index (χ2n) is 5.39. The van der Waals surface area contributed by atoms with Crippen molar-refractivity contribution in [2.24, 2.45) is 0 Å². The monoisotopic (exact) mass is 297 g/mol. The Bertz CT molecular complexity index is 911. The minimum atomic E-state index is 0.783. The van der Waals surface area contributed by atoms with Gasteiger partial charge in [0.15, 0.2) is 5.76 Å². The summed E-state index contributed by atoms with van der Waals surface area (Å²) in [5, 5.41) is 4.22. The van der Waals surface area contributed by atoms with E-state index in [1.807, 2.05) is 54.6 Å². The first-order valence-electron chi connectivity index (χ1n) is 7.58. The summed E-state index contributed by atoms with van der Waals surface area (Å²) >= 11 is 0. The summed E-state index contributed by atoms with van der Waals surface area (Å²) in [4.78, 5) is 0. The molecule has 0 fully saturated rings. The Morgan fingerprint density at radius 2 is 1.13 bits per heavy atom. The Balaban J connectivity index is 1.71. The summed E-state index contributed by atoms with van der Waals surface area (Å²) in [5.74, 6) is 0.783. The van der Waals surface area contributed by atoms with Crippen LogP contribution < -0.4 is 0 Å². The van der Waals surface area contributed by atoms with Crippen molar-refractivity contribution in [1.82, 2.24) is 5.16 Å². The molecule has 0 radical (unpaired) electrons. The zero-order valence-corrected chi connectivity index (χ0v) is 12.5. The largest absolute Gasteiger partial charge is 0.356 e. The highest BCUT2D eigenvalue weighted by Crippen LogP contribution is 2.28. The Morgan fingerprint density at radius 3 is 1.87 bits per heavy atom. The molecule has 0 N–H and O–H groups in total. The lowest BCUT2D eigenvalue weighted by Crippen LogP contribution is -1.80. The van der Waals surface area contributed by atoms with E-state index in [2.05, 4.69) is 41.6 Å². The molecular formula is C21H15NO. The molecule has 110 valence electrons. The third kappa shape index (κ3) is 2.79. The molecule has 0 saturated heterocycles.